The molecular weight excluding hydrogens is 358 g/mol. The Morgan fingerprint density at radius 3 is 2.95 bits per heavy atom. The number of hydrogen-bond donors (Lipinski definition) is 1. The fourth-order valence-corrected chi connectivity index (χ4v) is 3.57. The number of halogens is 1. The smallest absolute Gasteiger partial charge is 0.250 e. The first-order chi connectivity index (χ1) is 9.67. The van der Waals surface area contributed by atoms with E-state index in [4.69, 9.17) is 0 Å². The van der Waals surface area contributed by atoms with E-state index in [1.807, 2.05) is 12.1 Å². The van der Waals surface area contributed by atoms with E-state index in [1.165, 1.54) is 17.4 Å². The Bertz CT molecular complexity index is 606. The van der Waals surface area contributed by atoms with Gasteiger partial charge in [0, 0.05) is 17.4 Å². The Balaban J connectivity index is 1.87. The number of rotatable bonds is 6. The summed E-state index contributed by atoms with van der Waals surface area (Å²) in [5.74, 6) is -0.187. The van der Waals surface area contributed by atoms with Crippen LogP contribution >= 0.6 is 38.6 Å². The van der Waals surface area contributed by atoms with Crippen molar-refractivity contribution in [2.45, 2.75) is 26.2 Å². The number of nitrogens with zero attached hydrogens (tertiary/aromatic N) is 2. The molecule has 7 heteroatoms. The van der Waals surface area contributed by atoms with Gasteiger partial charge in [-0.2, -0.15) is 0 Å². The molecule has 0 aliphatic rings. The standard InChI is InChI=1S/C13H14BrN3OS2/c1-2-3-4-12-16-17-13(20-12)15-11(18)8-6-9-5-7-10(14)19-9/h5-8H,2-4H2,1H3,(H,15,17,18)/b8-6+. The molecule has 20 heavy (non-hydrogen) atoms. The lowest BCUT2D eigenvalue weighted by molar-refractivity contribution is -0.111. The van der Waals surface area contributed by atoms with Gasteiger partial charge in [-0.1, -0.05) is 24.7 Å². The van der Waals surface area contributed by atoms with Crippen LogP contribution in [-0.4, -0.2) is 16.1 Å². The summed E-state index contributed by atoms with van der Waals surface area (Å²) in [5.41, 5.74) is 0. The maximum Gasteiger partial charge on any atom is 0.250 e. The Labute approximate surface area is 134 Å². The van der Waals surface area contributed by atoms with Crippen molar-refractivity contribution in [3.8, 4) is 0 Å². The highest BCUT2D eigenvalue weighted by Crippen LogP contribution is 2.23. The molecule has 0 unspecified atom stereocenters. The summed E-state index contributed by atoms with van der Waals surface area (Å²) in [6, 6.07) is 3.90. The number of aromatic nitrogens is 2. The Kier molecular flexibility index (Phi) is 5.87. The van der Waals surface area contributed by atoms with Gasteiger partial charge in [0.1, 0.15) is 5.01 Å². The molecule has 0 atom stereocenters. The van der Waals surface area contributed by atoms with Crippen molar-refractivity contribution in [3.63, 3.8) is 0 Å². The Morgan fingerprint density at radius 2 is 2.25 bits per heavy atom. The van der Waals surface area contributed by atoms with E-state index in [9.17, 15) is 4.79 Å². The fraction of sp³-hybridized carbons (Fsp3) is 0.308. The van der Waals surface area contributed by atoms with E-state index in [0.29, 0.717) is 5.13 Å². The molecule has 0 radical (unpaired) electrons. The monoisotopic (exact) mass is 371 g/mol. The highest BCUT2D eigenvalue weighted by atomic mass is 79.9. The predicted octanol–water partition coefficient (Wildman–Crippen LogP) is 4.36. The third-order valence-corrected chi connectivity index (χ3v) is 4.92. The molecule has 0 spiro atoms. The first-order valence-corrected chi connectivity index (χ1v) is 8.66. The van der Waals surface area contributed by atoms with E-state index in [2.05, 4.69) is 38.4 Å². The molecule has 2 aromatic heterocycles. The van der Waals surface area contributed by atoms with Crippen molar-refractivity contribution in [2.24, 2.45) is 0 Å². The number of aryl methyl sites for hydroxylation is 1. The quantitative estimate of drug-likeness (QED) is 0.767. The predicted molar refractivity (Wildman–Crippen MR) is 88.2 cm³/mol. The minimum Gasteiger partial charge on any atom is -0.297 e. The van der Waals surface area contributed by atoms with Crippen molar-refractivity contribution >= 4 is 55.7 Å². The van der Waals surface area contributed by atoms with Crippen LogP contribution < -0.4 is 5.32 Å². The normalized spacial score (nSPS) is 11.1. The SMILES string of the molecule is CCCCc1nnc(NC(=O)/C=C/c2ccc(Br)s2)s1. The van der Waals surface area contributed by atoms with Gasteiger partial charge in [0.15, 0.2) is 0 Å². The van der Waals surface area contributed by atoms with Crippen LogP contribution in [-0.2, 0) is 11.2 Å². The van der Waals surface area contributed by atoms with Gasteiger partial charge in [-0.3, -0.25) is 10.1 Å². The maximum atomic E-state index is 11.7. The van der Waals surface area contributed by atoms with Crippen LogP contribution in [0.15, 0.2) is 22.0 Å². The van der Waals surface area contributed by atoms with Crippen LogP contribution in [0.1, 0.15) is 29.7 Å². The van der Waals surface area contributed by atoms with Crippen LogP contribution in [0.5, 0.6) is 0 Å². The lowest BCUT2D eigenvalue weighted by Crippen LogP contribution is -2.07. The number of carbonyl (C=O) groups excluding carboxylic acids is 1. The highest BCUT2D eigenvalue weighted by Gasteiger charge is 2.05. The number of hydrogen-bond acceptors (Lipinski definition) is 5. The summed E-state index contributed by atoms with van der Waals surface area (Å²) in [7, 11) is 0. The number of anilines is 1. The van der Waals surface area contributed by atoms with E-state index in [-0.39, 0.29) is 5.91 Å². The molecule has 0 aromatic carbocycles. The molecule has 4 nitrogen and oxygen atoms in total. The van der Waals surface area contributed by atoms with Crippen LogP contribution in [0.4, 0.5) is 5.13 Å². The van der Waals surface area contributed by atoms with Gasteiger partial charge < -0.3 is 0 Å². The van der Waals surface area contributed by atoms with E-state index < -0.39 is 0 Å². The lowest BCUT2D eigenvalue weighted by Gasteiger charge is -1.93. The minimum atomic E-state index is -0.187. The second kappa shape index (κ2) is 7.66. The van der Waals surface area contributed by atoms with Crippen molar-refractivity contribution in [2.75, 3.05) is 5.32 Å². The van der Waals surface area contributed by atoms with E-state index in [1.54, 1.807) is 17.4 Å². The fourth-order valence-electron chi connectivity index (χ4n) is 1.46. The average molecular weight is 372 g/mol. The zero-order valence-electron chi connectivity index (χ0n) is 10.9. The maximum absolute atomic E-state index is 11.7. The molecule has 0 fully saturated rings. The first kappa shape index (κ1) is 15.3. The van der Waals surface area contributed by atoms with Crippen LogP contribution in [0.2, 0.25) is 0 Å². The third-order valence-electron chi connectivity index (χ3n) is 2.43. The number of thiophene rings is 1. The lowest BCUT2D eigenvalue weighted by atomic mass is 10.3. The summed E-state index contributed by atoms with van der Waals surface area (Å²) < 4.78 is 1.04. The first-order valence-electron chi connectivity index (χ1n) is 6.24. The molecule has 2 heterocycles. The zero-order valence-corrected chi connectivity index (χ0v) is 14.1. The van der Waals surface area contributed by atoms with Gasteiger partial charge in [-0.05, 0) is 40.6 Å². The summed E-state index contributed by atoms with van der Waals surface area (Å²) in [4.78, 5) is 12.8. The number of nitrogens with one attached hydrogen (secondary N) is 1. The molecule has 2 rings (SSSR count). The van der Waals surface area contributed by atoms with Gasteiger partial charge in [-0.25, -0.2) is 0 Å². The highest BCUT2D eigenvalue weighted by molar-refractivity contribution is 9.11. The molecular formula is C13H14BrN3OS2. The third kappa shape index (κ3) is 4.81. The molecule has 1 amide bonds. The van der Waals surface area contributed by atoms with E-state index >= 15 is 0 Å². The van der Waals surface area contributed by atoms with Crippen LogP contribution in [0.3, 0.4) is 0 Å². The zero-order chi connectivity index (χ0) is 14.4. The van der Waals surface area contributed by atoms with Gasteiger partial charge >= 0.3 is 0 Å². The van der Waals surface area contributed by atoms with Gasteiger partial charge in [0.25, 0.3) is 0 Å². The molecule has 106 valence electrons. The Morgan fingerprint density at radius 1 is 1.40 bits per heavy atom. The summed E-state index contributed by atoms with van der Waals surface area (Å²) in [6.45, 7) is 2.14. The summed E-state index contributed by atoms with van der Waals surface area (Å²) in [5, 5.41) is 12.3. The summed E-state index contributed by atoms with van der Waals surface area (Å²) >= 11 is 6.39. The van der Waals surface area contributed by atoms with Crippen molar-refractivity contribution in [1.29, 1.82) is 0 Å². The largest absolute Gasteiger partial charge is 0.297 e. The molecule has 0 saturated carbocycles. The summed E-state index contributed by atoms with van der Waals surface area (Å²) in [6.07, 6.45) is 6.42. The molecule has 2 aromatic rings. The van der Waals surface area contributed by atoms with Crippen LogP contribution in [0.25, 0.3) is 6.08 Å². The second-order valence-electron chi connectivity index (χ2n) is 4.07. The van der Waals surface area contributed by atoms with E-state index in [0.717, 1.165) is 32.9 Å². The van der Waals surface area contributed by atoms with Gasteiger partial charge in [-0.15, -0.1) is 21.5 Å². The van der Waals surface area contributed by atoms with Crippen LogP contribution in [0, 0.1) is 0 Å². The van der Waals surface area contributed by atoms with Crippen molar-refractivity contribution in [1.82, 2.24) is 10.2 Å². The second-order valence-corrected chi connectivity index (χ2v) is 7.63. The van der Waals surface area contributed by atoms with Gasteiger partial charge in [0.05, 0.1) is 3.79 Å². The molecule has 0 aliphatic heterocycles. The van der Waals surface area contributed by atoms with Gasteiger partial charge in [0.2, 0.25) is 11.0 Å². The minimum absolute atomic E-state index is 0.187. The number of carbonyl (C=O) groups is 1. The molecule has 1 N–H and O–H groups in total. The molecule has 0 saturated heterocycles. The number of unbranched alkanes of at least 4 members (excludes halogenated alkanes) is 1. The number of amides is 1. The average Bonchev–Trinajstić information content (AvgIpc) is 3.03. The topological polar surface area (TPSA) is 54.9 Å². The molecule has 0 bridgehead atoms. The molecule has 0 aliphatic carbocycles. The Hall–Kier alpha value is -1.05. The van der Waals surface area contributed by atoms with Crippen molar-refractivity contribution in [3.05, 3.63) is 31.9 Å². The van der Waals surface area contributed by atoms with Crippen molar-refractivity contribution < 1.29 is 4.79 Å².